The van der Waals surface area contributed by atoms with Gasteiger partial charge in [0.25, 0.3) is 0 Å². The molecular weight excluding hydrogens is 486 g/mol. The van der Waals surface area contributed by atoms with E-state index in [1.165, 1.54) is 0 Å². The predicted molar refractivity (Wildman–Crippen MR) is 95.6 cm³/mol. The number of ether oxygens (including phenoxy) is 2. The number of hydrogen-bond acceptors (Lipinski definition) is 4. The van der Waals surface area contributed by atoms with Crippen molar-refractivity contribution in [3.8, 4) is 11.5 Å². The summed E-state index contributed by atoms with van der Waals surface area (Å²) >= 11 is 2.12. The van der Waals surface area contributed by atoms with Crippen molar-refractivity contribution in [1.29, 1.82) is 0 Å². The molecule has 3 rings (SSSR count). The van der Waals surface area contributed by atoms with E-state index in [0.717, 1.165) is 33.4 Å². The largest absolute Gasteiger partial charge is 0.454 e. The molecule has 0 aliphatic carbocycles. The summed E-state index contributed by atoms with van der Waals surface area (Å²) in [6, 6.07) is 6.97. The molecule has 0 saturated heterocycles. The van der Waals surface area contributed by atoms with Gasteiger partial charge in [-0.1, -0.05) is 0 Å². The fourth-order valence-electron chi connectivity index (χ4n) is 2.38. The monoisotopic (exact) mass is 499 g/mol. The molecule has 1 aliphatic heterocycles. The number of rotatable bonds is 5. The molecule has 1 aliphatic rings. The Hall–Kier alpha value is -1.53. The Morgan fingerprint density at radius 3 is 2.31 bits per heavy atom. The maximum absolute atomic E-state index is 12.6. The molecule has 1 N–H and O–H groups in total. The zero-order valence-corrected chi connectivity index (χ0v) is 16.1. The molecule has 0 fully saturated rings. The Morgan fingerprint density at radius 2 is 1.69 bits per heavy atom. The molecule has 0 saturated carbocycles. The van der Waals surface area contributed by atoms with Crippen LogP contribution in [0.4, 0.5) is 13.2 Å². The van der Waals surface area contributed by atoms with E-state index in [0.29, 0.717) is 17.9 Å². The first-order valence-corrected chi connectivity index (χ1v) is 9.98. The van der Waals surface area contributed by atoms with Gasteiger partial charge in [0.05, 0.1) is 10.5 Å². The van der Waals surface area contributed by atoms with Crippen molar-refractivity contribution in [1.82, 2.24) is 4.72 Å². The number of hydrogen-bond donors (Lipinski definition) is 1. The van der Waals surface area contributed by atoms with E-state index in [2.05, 4.69) is 27.3 Å². The lowest BCUT2D eigenvalue weighted by molar-refractivity contribution is -0.137. The first kappa shape index (κ1) is 19.2. The van der Waals surface area contributed by atoms with Gasteiger partial charge in [0.1, 0.15) is 0 Å². The Bertz CT molecular complexity index is 914. The molecule has 2 aromatic rings. The third-order valence-corrected chi connectivity index (χ3v) is 6.20. The van der Waals surface area contributed by atoms with Crippen LogP contribution in [-0.2, 0) is 22.6 Å². The van der Waals surface area contributed by atoms with Gasteiger partial charge in [0, 0.05) is 10.1 Å². The maximum atomic E-state index is 12.6. The van der Waals surface area contributed by atoms with Crippen molar-refractivity contribution >= 4 is 32.6 Å². The van der Waals surface area contributed by atoms with Crippen molar-refractivity contribution in [3.63, 3.8) is 0 Å². The van der Waals surface area contributed by atoms with Gasteiger partial charge >= 0.3 is 6.18 Å². The average molecular weight is 499 g/mol. The number of fused-ring (bicyclic) bond motifs is 1. The Balaban J connectivity index is 1.66. The van der Waals surface area contributed by atoms with E-state index in [1.807, 2.05) is 6.07 Å². The highest BCUT2D eigenvalue weighted by atomic mass is 127. The van der Waals surface area contributed by atoms with Gasteiger partial charge in [-0.25, -0.2) is 13.1 Å². The standard InChI is InChI=1S/C16H13F3INO4S/c17-16(18,19)11-1-3-12(4-2-11)26(22,23)21-6-5-10-7-14-15(8-13(10)20)25-9-24-14/h1-4,7-8,21H,5-6,9H2. The summed E-state index contributed by atoms with van der Waals surface area (Å²) in [7, 11) is -3.89. The summed E-state index contributed by atoms with van der Waals surface area (Å²) in [5.41, 5.74) is -0.0173. The van der Waals surface area contributed by atoms with Crippen LogP contribution in [0.3, 0.4) is 0 Å². The van der Waals surface area contributed by atoms with Gasteiger partial charge in [0.2, 0.25) is 16.8 Å². The molecule has 10 heteroatoms. The molecule has 0 radical (unpaired) electrons. The second-order valence-electron chi connectivity index (χ2n) is 5.47. The fraction of sp³-hybridized carbons (Fsp3) is 0.250. The molecule has 0 aromatic heterocycles. The number of benzene rings is 2. The van der Waals surface area contributed by atoms with Crippen LogP contribution in [0.2, 0.25) is 0 Å². The molecule has 140 valence electrons. The maximum Gasteiger partial charge on any atom is 0.416 e. The summed E-state index contributed by atoms with van der Waals surface area (Å²) in [6.07, 6.45) is -4.11. The molecule has 0 bridgehead atoms. The second-order valence-corrected chi connectivity index (χ2v) is 8.40. The molecule has 0 amide bonds. The fourth-order valence-corrected chi connectivity index (χ4v) is 4.12. The van der Waals surface area contributed by atoms with E-state index < -0.39 is 21.8 Å². The van der Waals surface area contributed by atoms with Crippen molar-refractivity contribution in [2.75, 3.05) is 13.3 Å². The third kappa shape index (κ3) is 4.23. The number of nitrogens with one attached hydrogen (secondary N) is 1. The van der Waals surface area contributed by atoms with Crippen molar-refractivity contribution in [2.24, 2.45) is 0 Å². The third-order valence-electron chi connectivity index (χ3n) is 3.72. The first-order valence-electron chi connectivity index (χ1n) is 7.42. The topological polar surface area (TPSA) is 64.6 Å². The van der Waals surface area contributed by atoms with Gasteiger partial charge in [-0.05, 0) is 71.0 Å². The minimum atomic E-state index is -4.51. The Kier molecular flexibility index (Phi) is 5.35. The average Bonchev–Trinajstić information content (AvgIpc) is 3.01. The van der Waals surface area contributed by atoms with Crippen LogP contribution < -0.4 is 14.2 Å². The van der Waals surface area contributed by atoms with E-state index in [4.69, 9.17) is 9.47 Å². The first-order chi connectivity index (χ1) is 12.2. The van der Waals surface area contributed by atoms with Crippen LogP contribution in [0.5, 0.6) is 11.5 Å². The lowest BCUT2D eigenvalue weighted by atomic mass is 10.1. The lowest BCUT2D eigenvalue weighted by Gasteiger charge is -2.10. The smallest absolute Gasteiger partial charge is 0.416 e. The zero-order valence-electron chi connectivity index (χ0n) is 13.1. The summed E-state index contributed by atoms with van der Waals surface area (Å²) in [5, 5.41) is 0. The van der Waals surface area contributed by atoms with E-state index in [1.54, 1.807) is 6.07 Å². The number of halogens is 4. The van der Waals surface area contributed by atoms with Crippen LogP contribution in [0.25, 0.3) is 0 Å². The quantitative estimate of drug-likeness (QED) is 0.640. The molecule has 0 unspecified atom stereocenters. The molecule has 2 aromatic carbocycles. The van der Waals surface area contributed by atoms with Crippen LogP contribution in [0, 0.1) is 3.57 Å². The molecule has 0 spiro atoms. The van der Waals surface area contributed by atoms with Crippen LogP contribution in [0.1, 0.15) is 11.1 Å². The van der Waals surface area contributed by atoms with E-state index in [-0.39, 0.29) is 18.2 Å². The van der Waals surface area contributed by atoms with Gasteiger partial charge in [-0.3, -0.25) is 0 Å². The molecule has 5 nitrogen and oxygen atoms in total. The normalized spacial score (nSPS) is 13.8. The highest BCUT2D eigenvalue weighted by Crippen LogP contribution is 2.35. The second kappa shape index (κ2) is 7.24. The van der Waals surface area contributed by atoms with Crippen LogP contribution in [0.15, 0.2) is 41.3 Å². The zero-order chi connectivity index (χ0) is 18.9. The van der Waals surface area contributed by atoms with E-state index in [9.17, 15) is 21.6 Å². The SMILES string of the molecule is O=S(=O)(NCCc1cc2c(cc1I)OCO2)c1ccc(C(F)(F)F)cc1. The van der Waals surface area contributed by atoms with Gasteiger partial charge in [0.15, 0.2) is 11.5 Å². The lowest BCUT2D eigenvalue weighted by Crippen LogP contribution is -2.26. The van der Waals surface area contributed by atoms with Gasteiger partial charge < -0.3 is 9.47 Å². The Morgan fingerprint density at radius 1 is 1.08 bits per heavy atom. The van der Waals surface area contributed by atoms with E-state index >= 15 is 0 Å². The Labute approximate surface area is 161 Å². The highest BCUT2D eigenvalue weighted by molar-refractivity contribution is 14.1. The van der Waals surface area contributed by atoms with Gasteiger partial charge in [-0.15, -0.1) is 0 Å². The highest BCUT2D eigenvalue weighted by Gasteiger charge is 2.30. The van der Waals surface area contributed by atoms with Crippen molar-refractivity contribution in [2.45, 2.75) is 17.5 Å². The summed E-state index contributed by atoms with van der Waals surface area (Å²) in [4.78, 5) is -0.217. The van der Waals surface area contributed by atoms with Crippen LogP contribution in [-0.4, -0.2) is 21.8 Å². The van der Waals surface area contributed by atoms with Crippen molar-refractivity contribution < 1.29 is 31.1 Å². The summed E-state index contributed by atoms with van der Waals surface area (Å²) in [5.74, 6) is 1.24. The molecular formula is C16H13F3INO4S. The van der Waals surface area contributed by atoms with Crippen molar-refractivity contribution in [3.05, 3.63) is 51.1 Å². The summed E-state index contributed by atoms with van der Waals surface area (Å²) in [6.45, 7) is 0.244. The predicted octanol–water partition coefficient (Wildman–Crippen LogP) is 3.56. The molecule has 0 atom stereocenters. The minimum absolute atomic E-state index is 0.0962. The molecule has 1 heterocycles. The number of sulfonamides is 1. The summed E-state index contributed by atoms with van der Waals surface area (Å²) < 4.78 is 76.0. The molecule has 26 heavy (non-hydrogen) atoms. The van der Waals surface area contributed by atoms with Gasteiger partial charge in [-0.2, -0.15) is 13.2 Å². The number of alkyl halides is 3. The minimum Gasteiger partial charge on any atom is -0.454 e. The van der Waals surface area contributed by atoms with Crippen LogP contribution >= 0.6 is 22.6 Å².